The van der Waals surface area contributed by atoms with Crippen LogP contribution in [-0.4, -0.2) is 25.0 Å². The minimum atomic E-state index is -4.45. The monoisotopic (exact) mass is 524 g/mol. The summed E-state index contributed by atoms with van der Waals surface area (Å²) in [7, 11) is 0. The number of carbonyl (C=O) groups excluding carboxylic acids is 2. The van der Waals surface area contributed by atoms with Crippen LogP contribution >= 0.6 is 0 Å². The normalized spacial score (nSPS) is 15.0. The maximum atomic E-state index is 13.4. The van der Waals surface area contributed by atoms with Crippen molar-refractivity contribution in [3.8, 4) is 0 Å². The van der Waals surface area contributed by atoms with Gasteiger partial charge in [0.15, 0.2) is 0 Å². The molecule has 4 rings (SSSR count). The van der Waals surface area contributed by atoms with Gasteiger partial charge in [-0.1, -0.05) is 37.3 Å². The van der Waals surface area contributed by atoms with Crippen LogP contribution in [0.2, 0.25) is 0 Å². The molecule has 1 saturated heterocycles. The number of carbonyl (C=O) groups is 2. The quantitative estimate of drug-likeness (QED) is 0.323. The third kappa shape index (κ3) is 6.85. The number of alkyl halides is 3. The Balaban J connectivity index is 1.52. The Morgan fingerprint density at radius 2 is 1.50 bits per heavy atom. The number of halogens is 3. The zero-order chi connectivity index (χ0) is 27.3. The van der Waals surface area contributed by atoms with Gasteiger partial charge in [0.05, 0.1) is 17.2 Å². The maximum Gasteiger partial charge on any atom is 0.416 e. The summed E-state index contributed by atoms with van der Waals surface area (Å²) in [5.41, 5.74) is 2.01. The molecule has 1 unspecified atom stereocenters. The maximum absolute atomic E-state index is 13.4. The number of nitrogens with one attached hydrogen (secondary N) is 3. The summed E-state index contributed by atoms with van der Waals surface area (Å²) in [6, 6.07) is 18.1. The fraction of sp³-hybridized carbons (Fsp3) is 0.310. The fourth-order valence-electron chi connectivity index (χ4n) is 4.46. The molecule has 3 amide bonds. The highest BCUT2D eigenvalue weighted by molar-refractivity contribution is 6.04. The zero-order valence-electron chi connectivity index (χ0n) is 21.3. The molecule has 3 aromatic rings. The van der Waals surface area contributed by atoms with Crippen LogP contribution in [0.3, 0.4) is 0 Å². The van der Waals surface area contributed by atoms with Crippen LogP contribution in [0.15, 0.2) is 72.8 Å². The molecule has 0 spiro atoms. The molecule has 200 valence electrons. The number of nitrogens with zero attached hydrogens (tertiary/aromatic N) is 1. The Bertz CT molecular complexity index is 1260. The Hall–Kier alpha value is -4.01. The van der Waals surface area contributed by atoms with Crippen molar-refractivity contribution in [3.63, 3.8) is 0 Å². The van der Waals surface area contributed by atoms with Crippen LogP contribution in [0.1, 0.15) is 54.2 Å². The minimum Gasteiger partial charge on any atom is -0.371 e. The van der Waals surface area contributed by atoms with Crippen LogP contribution in [0.25, 0.3) is 0 Å². The van der Waals surface area contributed by atoms with Crippen LogP contribution in [0, 0.1) is 5.92 Å². The molecule has 3 aromatic carbocycles. The average Bonchev–Trinajstić information content (AvgIpc) is 2.89. The molecule has 0 radical (unpaired) electrons. The molecule has 1 aliphatic heterocycles. The first-order valence-corrected chi connectivity index (χ1v) is 12.6. The Labute approximate surface area is 220 Å². The minimum absolute atomic E-state index is 0.212. The highest BCUT2D eigenvalue weighted by Crippen LogP contribution is 2.31. The van der Waals surface area contributed by atoms with E-state index in [-0.39, 0.29) is 17.6 Å². The molecular weight excluding hydrogens is 493 g/mol. The molecule has 0 saturated carbocycles. The number of urea groups is 1. The summed E-state index contributed by atoms with van der Waals surface area (Å²) in [5, 5.41) is 8.26. The van der Waals surface area contributed by atoms with Gasteiger partial charge < -0.3 is 20.9 Å². The van der Waals surface area contributed by atoms with Crippen LogP contribution in [0.5, 0.6) is 0 Å². The topological polar surface area (TPSA) is 73.5 Å². The van der Waals surface area contributed by atoms with Gasteiger partial charge in [-0.2, -0.15) is 13.2 Å². The van der Waals surface area contributed by atoms with Crippen molar-refractivity contribution >= 4 is 29.0 Å². The first-order valence-electron chi connectivity index (χ1n) is 12.6. The van der Waals surface area contributed by atoms with Gasteiger partial charge >= 0.3 is 12.2 Å². The van der Waals surface area contributed by atoms with E-state index in [2.05, 4.69) is 27.8 Å². The molecular formula is C29H31F3N4O2. The Morgan fingerprint density at radius 3 is 2.13 bits per heavy atom. The van der Waals surface area contributed by atoms with Crippen molar-refractivity contribution in [1.29, 1.82) is 0 Å². The highest BCUT2D eigenvalue weighted by atomic mass is 19.4. The van der Waals surface area contributed by atoms with Gasteiger partial charge in [-0.3, -0.25) is 4.79 Å². The van der Waals surface area contributed by atoms with Crippen molar-refractivity contribution in [1.82, 2.24) is 5.32 Å². The van der Waals surface area contributed by atoms with E-state index in [1.165, 1.54) is 12.1 Å². The summed E-state index contributed by atoms with van der Waals surface area (Å²) in [6.07, 6.45) is -2.40. The Kier molecular flexibility index (Phi) is 8.24. The van der Waals surface area contributed by atoms with Crippen LogP contribution in [0.4, 0.5) is 35.0 Å². The number of rotatable bonds is 6. The molecule has 0 aliphatic carbocycles. The van der Waals surface area contributed by atoms with E-state index < -0.39 is 17.8 Å². The lowest BCUT2D eigenvalue weighted by Gasteiger charge is -2.33. The molecule has 1 fully saturated rings. The second-order valence-corrected chi connectivity index (χ2v) is 9.66. The van der Waals surface area contributed by atoms with Gasteiger partial charge in [-0.05, 0) is 73.7 Å². The average molecular weight is 525 g/mol. The van der Waals surface area contributed by atoms with Gasteiger partial charge in [-0.25, -0.2) is 4.79 Å². The first kappa shape index (κ1) is 27.0. The molecule has 0 aromatic heterocycles. The molecule has 1 aliphatic rings. The second-order valence-electron chi connectivity index (χ2n) is 9.66. The highest BCUT2D eigenvalue weighted by Gasteiger charge is 2.30. The first-order chi connectivity index (χ1) is 18.1. The summed E-state index contributed by atoms with van der Waals surface area (Å²) in [6.45, 7) is 5.79. The van der Waals surface area contributed by atoms with Crippen molar-refractivity contribution in [2.45, 2.75) is 38.9 Å². The van der Waals surface area contributed by atoms with Gasteiger partial charge in [-0.15, -0.1) is 0 Å². The SMILES string of the molecule is CC1CCN(c2ccc(NC(=O)Nc3ccc(C(F)(F)F)cc3)cc2C(=O)NC(C)c2ccccc2)CC1. The van der Waals surface area contributed by atoms with Gasteiger partial charge in [0.2, 0.25) is 0 Å². The van der Waals surface area contributed by atoms with Gasteiger partial charge in [0.25, 0.3) is 5.91 Å². The largest absolute Gasteiger partial charge is 0.416 e. The van der Waals surface area contributed by atoms with E-state index in [1.807, 2.05) is 43.3 Å². The van der Waals surface area contributed by atoms with Gasteiger partial charge in [0.1, 0.15) is 0 Å². The molecule has 3 N–H and O–H groups in total. The molecule has 6 nitrogen and oxygen atoms in total. The summed E-state index contributed by atoms with van der Waals surface area (Å²) < 4.78 is 38.4. The number of benzene rings is 3. The smallest absolute Gasteiger partial charge is 0.371 e. The Morgan fingerprint density at radius 1 is 0.895 bits per heavy atom. The van der Waals surface area contributed by atoms with E-state index in [0.29, 0.717) is 17.2 Å². The van der Waals surface area contributed by atoms with Crippen LogP contribution < -0.4 is 20.9 Å². The standard InChI is InChI=1S/C29H31F3N4O2/c1-19-14-16-36(17-15-19)26-13-12-24(18-25(26)27(37)33-20(2)21-6-4-3-5-7-21)35-28(38)34-23-10-8-22(9-11-23)29(30,31)32/h3-13,18-20H,14-17H2,1-2H3,(H,33,37)(H2,34,35,38). The number of amides is 3. The van der Waals surface area contributed by atoms with E-state index in [9.17, 15) is 22.8 Å². The second kappa shape index (κ2) is 11.6. The predicted molar refractivity (Wildman–Crippen MR) is 143 cm³/mol. The zero-order valence-corrected chi connectivity index (χ0v) is 21.3. The molecule has 1 heterocycles. The predicted octanol–water partition coefficient (Wildman–Crippen LogP) is 7.08. The molecule has 9 heteroatoms. The van der Waals surface area contributed by atoms with Crippen molar-refractivity contribution in [2.24, 2.45) is 5.92 Å². The lowest BCUT2D eigenvalue weighted by Crippen LogP contribution is -2.35. The lowest BCUT2D eigenvalue weighted by molar-refractivity contribution is -0.137. The van der Waals surface area contributed by atoms with Crippen molar-refractivity contribution < 1.29 is 22.8 Å². The van der Waals surface area contributed by atoms with Crippen molar-refractivity contribution in [3.05, 3.63) is 89.5 Å². The molecule has 1 atom stereocenters. The molecule has 0 bridgehead atoms. The number of piperidine rings is 1. The van der Waals surface area contributed by atoms with E-state index in [1.54, 1.807) is 12.1 Å². The number of anilines is 3. The third-order valence-electron chi connectivity index (χ3n) is 6.74. The molecule has 38 heavy (non-hydrogen) atoms. The summed E-state index contributed by atoms with van der Waals surface area (Å²) in [4.78, 5) is 28.2. The fourth-order valence-corrected chi connectivity index (χ4v) is 4.46. The number of hydrogen-bond acceptors (Lipinski definition) is 3. The summed E-state index contributed by atoms with van der Waals surface area (Å²) in [5.74, 6) is 0.359. The van der Waals surface area contributed by atoms with Crippen molar-refractivity contribution in [2.75, 3.05) is 28.6 Å². The number of hydrogen-bond donors (Lipinski definition) is 3. The van der Waals surface area contributed by atoms with Gasteiger partial charge in [0, 0.05) is 30.2 Å². The van der Waals surface area contributed by atoms with E-state index in [4.69, 9.17) is 0 Å². The third-order valence-corrected chi connectivity index (χ3v) is 6.74. The lowest BCUT2D eigenvalue weighted by atomic mass is 9.97. The van der Waals surface area contributed by atoms with E-state index >= 15 is 0 Å². The summed E-state index contributed by atoms with van der Waals surface area (Å²) >= 11 is 0. The van der Waals surface area contributed by atoms with E-state index in [0.717, 1.165) is 49.3 Å². The van der Waals surface area contributed by atoms with Crippen LogP contribution in [-0.2, 0) is 6.18 Å².